The van der Waals surface area contributed by atoms with Gasteiger partial charge in [0, 0.05) is 17.1 Å². The van der Waals surface area contributed by atoms with E-state index >= 15 is 0 Å². The van der Waals surface area contributed by atoms with Gasteiger partial charge in [0.1, 0.15) is 5.69 Å². The molecule has 110 valence electrons. The maximum absolute atomic E-state index is 12.7. The van der Waals surface area contributed by atoms with Gasteiger partial charge in [-0.1, -0.05) is 30.3 Å². The molecule has 22 heavy (non-hydrogen) atoms. The van der Waals surface area contributed by atoms with Gasteiger partial charge in [-0.2, -0.15) is 0 Å². The van der Waals surface area contributed by atoms with E-state index in [9.17, 15) is 4.79 Å². The third kappa shape index (κ3) is 2.39. The second-order valence-corrected chi connectivity index (χ2v) is 4.78. The fraction of sp³-hybridized carbons (Fsp3) is 0.111. The van der Waals surface area contributed by atoms with Crippen LogP contribution in [0.5, 0.6) is 11.5 Å². The lowest BCUT2D eigenvalue weighted by molar-refractivity contribution is 0.103. The van der Waals surface area contributed by atoms with E-state index in [2.05, 4.69) is 4.98 Å². The summed E-state index contributed by atoms with van der Waals surface area (Å²) >= 11 is 0. The molecule has 0 amide bonds. The van der Waals surface area contributed by atoms with E-state index in [-0.39, 0.29) is 5.78 Å². The van der Waals surface area contributed by atoms with E-state index in [1.165, 1.54) is 0 Å². The van der Waals surface area contributed by atoms with E-state index in [4.69, 9.17) is 9.47 Å². The summed E-state index contributed by atoms with van der Waals surface area (Å²) in [4.78, 5) is 16.9. The van der Waals surface area contributed by atoms with E-state index in [0.717, 1.165) is 10.8 Å². The average Bonchev–Trinajstić information content (AvgIpc) is 2.60. The Morgan fingerprint density at radius 2 is 1.64 bits per heavy atom. The SMILES string of the molecule is COc1cc2ccnc(C(=O)c3ccccc3)c2cc1OC. The number of ether oxygens (including phenoxy) is 2. The van der Waals surface area contributed by atoms with E-state index in [1.807, 2.05) is 30.3 Å². The molecule has 4 heteroatoms. The molecule has 0 N–H and O–H groups in total. The number of fused-ring (bicyclic) bond motifs is 1. The van der Waals surface area contributed by atoms with Crippen molar-refractivity contribution in [3.8, 4) is 11.5 Å². The van der Waals surface area contributed by atoms with E-state index in [1.54, 1.807) is 38.6 Å². The highest BCUT2D eigenvalue weighted by Crippen LogP contribution is 2.33. The Hall–Kier alpha value is -2.88. The van der Waals surface area contributed by atoms with Gasteiger partial charge >= 0.3 is 0 Å². The predicted octanol–water partition coefficient (Wildman–Crippen LogP) is 3.48. The molecule has 0 spiro atoms. The Balaban J connectivity index is 2.20. The van der Waals surface area contributed by atoms with Crippen LogP contribution in [-0.2, 0) is 0 Å². The summed E-state index contributed by atoms with van der Waals surface area (Å²) in [5, 5.41) is 1.63. The first-order valence-electron chi connectivity index (χ1n) is 6.85. The van der Waals surface area contributed by atoms with Gasteiger partial charge in [0.2, 0.25) is 5.78 Å². The Morgan fingerprint density at radius 1 is 0.955 bits per heavy atom. The van der Waals surface area contributed by atoms with Gasteiger partial charge in [0.15, 0.2) is 11.5 Å². The van der Waals surface area contributed by atoms with Crippen molar-refractivity contribution in [1.82, 2.24) is 4.98 Å². The maximum Gasteiger partial charge on any atom is 0.211 e. The number of ketones is 1. The molecule has 1 heterocycles. The van der Waals surface area contributed by atoms with Crippen LogP contribution in [0.4, 0.5) is 0 Å². The fourth-order valence-electron chi connectivity index (χ4n) is 2.41. The number of carbonyl (C=O) groups excluding carboxylic acids is 1. The first-order valence-corrected chi connectivity index (χ1v) is 6.85. The van der Waals surface area contributed by atoms with Gasteiger partial charge < -0.3 is 9.47 Å². The second-order valence-electron chi connectivity index (χ2n) is 4.78. The topological polar surface area (TPSA) is 48.4 Å². The molecule has 0 saturated carbocycles. The predicted molar refractivity (Wildman–Crippen MR) is 84.7 cm³/mol. The maximum atomic E-state index is 12.7. The lowest BCUT2D eigenvalue weighted by Gasteiger charge is -2.11. The summed E-state index contributed by atoms with van der Waals surface area (Å²) in [5.41, 5.74) is 1.02. The smallest absolute Gasteiger partial charge is 0.211 e. The fourth-order valence-corrected chi connectivity index (χ4v) is 2.41. The molecule has 4 nitrogen and oxygen atoms in total. The van der Waals surface area contributed by atoms with E-state index in [0.29, 0.717) is 22.8 Å². The zero-order valence-electron chi connectivity index (χ0n) is 12.4. The van der Waals surface area contributed by atoms with Crippen molar-refractivity contribution in [3.63, 3.8) is 0 Å². The summed E-state index contributed by atoms with van der Waals surface area (Å²) in [6.07, 6.45) is 1.63. The highest BCUT2D eigenvalue weighted by Gasteiger charge is 2.16. The van der Waals surface area contributed by atoms with Crippen molar-refractivity contribution < 1.29 is 14.3 Å². The monoisotopic (exact) mass is 293 g/mol. The lowest BCUT2D eigenvalue weighted by Crippen LogP contribution is -2.05. The number of benzene rings is 2. The molecule has 0 aliphatic rings. The Bertz CT molecular complexity index is 828. The zero-order chi connectivity index (χ0) is 15.5. The molecule has 3 aromatic rings. The normalized spacial score (nSPS) is 10.5. The third-order valence-electron chi connectivity index (χ3n) is 3.52. The number of nitrogens with zero attached hydrogens (tertiary/aromatic N) is 1. The van der Waals surface area contributed by atoms with Crippen molar-refractivity contribution in [2.45, 2.75) is 0 Å². The first kappa shape index (κ1) is 14.1. The Kier molecular flexibility index (Phi) is 3.74. The zero-order valence-corrected chi connectivity index (χ0v) is 12.4. The minimum Gasteiger partial charge on any atom is -0.493 e. The Labute approximate surface area is 128 Å². The van der Waals surface area contributed by atoms with Gasteiger partial charge in [-0.05, 0) is 23.6 Å². The van der Waals surface area contributed by atoms with Gasteiger partial charge in [0.25, 0.3) is 0 Å². The molecule has 0 fully saturated rings. The van der Waals surface area contributed by atoms with Crippen LogP contribution in [0.15, 0.2) is 54.7 Å². The van der Waals surface area contributed by atoms with Crippen LogP contribution < -0.4 is 9.47 Å². The molecule has 0 unspecified atom stereocenters. The van der Waals surface area contributed by atoms with Crippen LogP contribution in [0.1, 0.15) is 16.1 Å². The van der Waals surface area contributed by atoms with Gasteiger partial charge in [-0.25, -0.2) is 0 Å². The standard InChI is InChI=1S/C18H15NO3/c1-21-15-10-13-8-9-19-17(14(13)11-16(15)22-2)18(20)12-6-4-3-5-7-12/h3-11H,1-2H3. The second kappa shape index (κ2) is 5.85. The Morgan fingerprint density at radius 3 is 2.32 bits per heavy atom. The number of carbonyl (C=O) groups is 1. The minimum atomic E-state index is -0.113. The molecular weight excluding hydrogens is 278 g/mol. The third-order valence-corrected chi connectivity index (χ3v) is 3.52. The number of hydrogen-bond acceptors (Lipinski definition) is 4. The molecular formula is C18H15NO3. The van der Waals surface area contributed by atoms with Crippen LogP contribution in [0.3, 0.4) is 0 Å². The van der Waals surface area contributed by atoms with Crippen molar-refractivity contribution in [3.05, 3.63) is 66.0 Å². The van der Waals surface area contributed by atoms with Crippen LogP contribution >= 0.6 is 0 Å². The molecule has 0 aliphatic carbocycles. The number of aromatic nitrogens is 1. The lowest BCUT2D eigenvalue weighted by atomic mass is 10.0. The van der Waals surface area contributed by atoms with Gasteiger partial charge in [-0.15, -0.1) is 0 Å². The number of hydrogen-bond donors (Lipinski definition) is 0. The minimum absolute atomic E-state index is 0.113. The quantitative estimate of drug-likeness (QED) is 0.691. The van der Waals surface area contributed by atoms with Crippen molar-refractivity contribution >= 4 is 16.6 Å². The van der Waals surface area contributed by atoms with Crippen LogP contribution in [-0.4, -0.2) is 25.0 Å². The first-order chi connectivity index (χ1) is 10.7. The molecule has 1 aromatic heterocycles. The highest BCUT2D eigenvalue weighted by atomic mass is 16.5. The van der Waals surface area contributed by atoms with Crippen molar-refractivity contribution in [2.75, 3.05) is 14.2 Å². The molecule has 0 saturated heterocycles. The summed E-state index contributed by atoms with van der Waals surface area (Å²) in [5.74, 6) is 1.09. The highest BCUT2D eigenvalue weighted by molar-refractivity contribution is 6.15. The van der Waals surface area contributed by atoms with Crippen molar-refractivity contribution in [1.29, 1.82) is 0 Å². The molecule has 2 aromatic carbocycles. The number of rotatable bonds is 4. The molecule has 0 bridgehead atoms. The van der Waals surface area contributed by atoms with Crippen LogP contribution in [0.2, 0.25) is 0 Å². The molecule has 0 atom stereocenters. The average molecular weight is 293 g/mol. The van der Waals surface area contributed by atoms with Crippen LogP contribution in [0.25, 0.3) is 10.8 Å². The summed E-state index contributed by atoms with van der Waals surface area (Å²) < 4.78 is 10.6. The number of methoxy groups -OCH3 is 2. The van der Waals surface area contributed by atoms with Gasteiger partial charge in [0.05, 0.1) is 14.2 Å². The summed E-state index contributed by atoms with van der Waals surface area (Å²) in [6, 6.07) is 14.6. The number of pyridine rings is 1. The largest absolute Gasteiger partial charge is 0.493 e. The summed E-state index contributed by atoms with van der Waals surface area (Å²) in [7, 11) is 3.15. The molecule has 3 rings (SSSR count). The molecule has 0 radical (unpaired) electrons. The summed E-state index contributed by atoms with van der Waals surface area (Å²) in [6.45, 7) is 0. The van der Waals surface area contributed by atoms with Crippen molar-refractivity contribution in [2.24, 2.45) is 0 Å². The molecule has 0 aliphatic heterocycles. The van der Waals surface area contributed by atoms with E-state index < -0.39 is 0 Å². The van der Waals surface area contributed by atoms with Gasteiger partial charge in [-0.3, -0.25) is 9.78 Å². The van der Waals surface area contributed by atoms with Crippen LogP contribution in [0, 0.1) is 0 Å².